The van der Waals surface area contributed by atoms with E-state index in [1.165, 1.54) is 16.4 Å². The number of hydrogen-bond donors (Lipinski definition) is 0. The monoisotopic (exact) mass is 298 g/mol. The number of benzene rings is 1. The summed E-state index contributed by atoms with van der Waals surface area (Å²) in [6.45, 7) is 9.18. The van der Waals surface area contributed by atoms with E-state index in [9.17, 15) is 18.5 Å². The molecule has 0 amide bonds. The van der Waals surface area contributed by atoms with Gasteiger partial charge in [-0.2, -0.15) is 4.31 Å². The van der Waals surface area contributed by atoms with Crippen molar-refractivity contribution in [3.8, 4) is 0 Å². The van der Waals surface area contributed by atoms with E-state index in [2.05, 4.69) is 6.58 Å². The molecular formula is C13H18N2O4S. The number of likely N-dealkylation sites (N-methyl/N-ethyl adjacent to an activating group) is 1. The summed E-state index contributed by atoms with van der Waals surface area (Å²) in [6, 6.07) is 3.93. The second kappa shape index (κ2) is 6.15. The van der Waals surface area contributed by atoms with Gasteiger partial charge in [-0.1, -0.05) is 25.1 Å². The second-order valence-electron chi connectivity index (χ2n) is 4.59. The molecule has 0 spiro atoms. The molecule has 20 heavy (non-hydrogen) atoms. The number of hydrogen-bond acceptors (Lipinski definition) is 4. The van der Waals surface area contributed by atoms with Crippen molar-refractivity contribution >= 4 is 15.7 Å². The third-order valence-corrected chi connectivity index (χ3v) is 4.73. The minimum absolute atomic E-state index is 0.0714. The number of nitrogens with zero attached hydrogens (tertiary/aromatic N) is 2. The lowest BCUT2D eigenvalue weighted by Crippen LogP contribution is -2.32. The van der Waals surface area contributed by atoms with Crippen LogP contribution in [0.2, 0.25) is 0 Å². The van der Waals surface area contributed by atoms with E-state index >= 15 is 0 Å². The molecule has 0 unspecified atom stereocenters. The van der Waals surface area contributed by atoms with Crippen molar-refractivity contribution in [2.45, 2.75) is 25.7 Å². The minimum Gasteiger partial charge on any atom is -0.258 e. The van der Waals surface area contributed by atoms with Gasteiger partial charge in [-0.25, -0.2) is 8.42 Å². The van der Waals surface area contributed by atoms with E-state index in [0.717, 1.165) is 6.07 Å². The van der Waals surface area contributed by atoms with Crippen LogP contribution in [-0.4, -0.2) is 30.7 Å². The van der Waals surface area contributed by atoms with Crippen molar-refractivity contribution in [2.75, 3.05) is 13.1 Å². The van der Waals surface area contributed by atoms with Crippen molar-refractivity contribution in [3.63, 3.8) is 0 Å². The van der Waals surface area contributed by atoms with Gasteiger partial charge in [0.2, 0.25) is 10.0 Å². The topological polar surface area (TPSA) is 80.5 Å². The summed E-state index contributed by atoms with van der Waals surface area (Å²) in [5, 5.41) is 10.9. The average molecular weight is 298 g/mol. The van der Waals surface area contributed by atoms with Crippen molar-refractivity contribution in [1.82, 2.24) is 4.31 Å². The largest absolute Gasteiger partial charge is 0.273 e. The van der Waals surface area contributed by atoms with E-state index in [1.807, 2.05) is 0 Å². The van der Waals surface area contributed by atoms with Gasteiger partial charge in [0.1, 0.15) is 0 Å². The quantitative estimate of drug-likeness (QED) is 0.459. The summed E-state index contributed by atoms with van der Waals surface area (Å²) < 4.78 is 26.1. The number of aryl methyl sites for hydroxylation is 1. The molecule has 0 aromatic heterocycles. The molecule has 0 aliphatic heterocycles. The summed E-state index contributed by atoms with van der Waals surface area (Å²) in [7, 11) is -3.75. The number of sulfonamides is 1. The first kappa shape index (κ1) is 16.3. The van der Waals surface area contributed by atoms with Crippen LogP contribution >= 0.6 is 0 Å². The molecule has 0 aliphatic carbocycles. The Morgan fingerprint density at radius 3 is 2.50 bits per heavy atom. The highest BCUT2D eigenvalue weighted by Crippen LogP contribution is 2.24. The molecule has 110 valence electrons. The van der Waals surface area contributed by atoms with Crippen LogP contribution < -0.4 is 0 Å². The van der Waals surface area contributed by atoms with Gasteiger partial charge in [-0.15, -0.1) is 0 Å². The minimum atomic E-state index is -3.75. The number of nitro groups is 1. The van der Waals surface area contributed by atoms with E-state index in [1.54, 1.807) is 20.8 Å². The zero-order valence-electron chi connectivity index (χ0n) is 11.8. The molecule has 1 aromatic rings. The molecule has 0 radical (unpaired) electrons. The Hall–Kier alpha value is -1.73. The van der Waals surface area contributed by atoms with E-state index in [0.29, 0.717) is 11.1 Å². The third-order valence-electron chi connectivity index (χ3n) is 2.81. The van der Waals surface area contributed by atoms with Gasteiger partial charge in [-0.3, -0.25) is 10.1 Å². The van der Waals surface area contributed by atoms with Crippen LogP contribution in [0.4, 0.5) is 5.69 Å². The molecule has 0 heterocycles. The van der Waals surface area contributed by atoms with Crippen LogP contribution in [0.25, 0.3) is 0 Å². The van der Waals surface area contributed by atoms with Crippen LogP contribution in [0.1, 0.15) is 19.4 Å². The van der Waals surface area contributed by atoms with Crippen LogP contribution in [0, 0.1) is 17.0 Å². The Bertz CT molecular complexity index is 638. The van der Waals surface area contributed by atoms with Gasteiger partial charge in [0.25, 0.3) is 5.69 Å². The van der Waals surface area contributed by atoms with Gasteiger partial charge in [0.05, 0.1) is 9.82 Å². The fourth-order valence-corrected chi connectivity index (χ4v) is 3.29. The molecule has 0 fully saturated rings. The average Bonchev–Trinajstić information content (AvgIpc) is 2.35. The highest BCUT2D eigenvalue weighted by atomic mass is 32.2. The number of nitro benzene ring substituents is 1. The van der Waals surface area contributed by atoms with E-state index in [4.69, 9.17) is 0 Å². The predicted molar refractivity (Wildman–Crippen MR) is 77.1 cm³/mol. The predicted octanol–water partition coefficient (Wildman–Crippen LogP) is 2.49. The zero-order valence-corrected chi connectivity index (χ0v) is 12.6. The van der Waals surface area contributed by atoms with E-state index in [-0.39, 0.29) is 23.7 Å². The first-order valence-electron chi connectivity index (χ1n) is 6.09. The fraction of sp³-hybridized carbons (Fsp3) is 0.385. The summed E-state index contributed by atoms with van der Waals surface area (Å²) in [5.74, 6) is 0. The van der Waals surface area contributed by atoms with Crippen LogP contribution in [0.3, 0.4) is 0 Å². The van der Waals surface area contributed by atoms with Gasteiger partial charge in [0, 0.05) is 24.7 Å². The van der Waals surface area contributed by atoms with Crippen LogP contribution in [0.5, 0.6) is 0 Å². The van der Waals surface area contributed by atoms with Gasteiger partial charge >= 0.3 is 0 Å². The van der Waals surface area contributed by atoms with Gasteiger partial charge in [-0.05, 0) is 19.9 Å². The first-order valence-corrected chi connectivity index (χ1v) is 7.53. The lowest BCUT2D eigenvalue weighted by molar-refractivity contribution is -0.385. The molecule has 0 aliphatic rings. The summed E-state index contributed by atoms with van der Waals surface area (Å²) in [4.78, 5) is 10.2. The Morgan fingerprint density at radius 1 is 1.45 bits per heavy atom. The molecular weight excluding hydrogens is 280 g/mol. The molecule has 0 bridgehead atoms. The molecule has 6 nitrogen and oxygen atoms in total. The highest BCUT2D eigenvalue weighted by Gasteiger charge is 2.25. The van der Waals surface area contributed by atoms with Crippen molar-refractivity contribution < 1.29 is 13.3 Å². The lowest BCUT2D eigenvalue weighted by atomic mass is 10.2. The Labute approximate surface area is 118 Å². The molecule has 0 saturated carbocycles. The molecule has 0 atom stereocenters. The molecule has 7 heteroatoms. The molecule has 0 N–H and O–H groups in total. The summed E-state index contributed by atoms with van der Waals surface area (Å²) >= 11 is 0. The lowest BCUT2D eigenvalue weighted by Gasteiger charge is -2.20. The van der Waals surface area contributed by atoms with Gasteiger partial charge in [0.15, 0.2) is 0 Å². The number of rotatable bonds is 6. The standard InChI is InChI=1S/C13H18N2O4S/c1-5-14(9-10(2)3)20(18,19)12-7-6-11(4)13(8-12)15(16)17/h6-8H,2,5,9H2,1,3-4H3. The Morgan fingerprint density at radius 2 is 2.05 bits per heavy atom. The third kappa shape index (κ3) is 3.43. The van der Waals surface area contributed by atoms with E-state index < -0.39 is 14.9 Å². The van der Waals surface area contributed by atoms with Crippen LogP contribution in [0.15, 0.2) is 35.2 Å². The maximum atomic E-state index is 12.4. The Kier molecular flexibility index (Phi) is 5.02. The molecule has 0 saturated heterocycles. The zero-order chi connectivity index (χ0) is 15.5. The fourth-order valence-electron chi connectivity index (χ4n) is 1.76. The summed E-state index contributed by atoms with van der Waals surface area (Å²) in [6.07, 6.45) is 0. The molecule has 1 rings (SSSR count). The second-order valence-corrected chi connectivity index (χ2v) is 6.53. The van der Waals surface area contributed by atoms with Crippen molar-refractivity contribution in [1.29, 1.82) is 0 Å². The highest BCUT2D eigenvalue weighted by molar-refractivity contribution is 7.89. The van der Waals surface area contributed by atoms with Crippen molar-refractivity contribution in [2.24, 2.45) is 0 Å². The SMILES string of the molecule is C=C(C)CN(CC)S(=O)(=O)c1ccc(C)c([N+](=O)[O-])c1. The van der Waals surface area contributed by atoms with Gasteiger partial charge < -0.3 is 0 Å². The van der Waals surface area contributed by atoms with Crippen LogP contribution in [-0.2, 0) is 10.0 Å². The Balaban J connectivity index is 3.31. The van der Waals surface area contributed by atoms with Crippen molar-refractivity contribution in [3.05, 3.63) is 46.0 Å². The maximum Gasteiger partial charge on any atom is 0.273 e. The smallest absolute Gasteiger partial charge is 0.258 e. The summed E-state index contributed by atoms with van der Waals surface area (Å²) in [5.41, 5.74) is 0.936. The maximum absolute atomic E-state index is 12.4. The first-order chi connectivity index (χ1) is 9.20. The molecule has 1 aromatic carbocycles. The normalized spacial score (nSPS) is 11.6.